The molecule has 258 valence electrons. The van der Waals surface area contributed by atoms with Crippen LogP contribution in [0.5, 0.6) is 0 Å². The second kappa shape index (κ2) is 13.5. The molecule has 2 saturated heterocycles. The van der Waals surface area contributed by atoms with Gasteiger partial charge in [-0.2, -0.15) is 10.1 Å². The van der Waals surface area contributed by atoms with Gasteiger partial charge in [0.1, 0.15) is 0 Å². The molecular formula is C36H68N2O6. The first-order chi connectivity index (χ1) is 19.7. The van der Waals surface area contributed by atoms with Gasteiger partial charge in [0, 0.05) is 28.6 Å². The Morgan fingerprint density at radius 3 is 1.23 bits per heavy atom. The van der Waals surface area contributed by atoms with Crippen molar-refractivity contribution in [3.05, 3.63) is 0 Å². The third-order valence-electron chi connectivity index (χ3n) is 9.75. The first-order valence-corrected chi connectivity index (χ1v) is 17.1. The summed E-state index contributed by atoms with van der Waals surface area (Å²) in [7, 11) is 0. The Morgan fingerprint density at radius 2 is 0.932 bits per heavy atom. The molecule has 2 fully saturated rings. The molecule has 2 N–H and O–H groups in total. The number of carboxylic acids is 2. The van der Waals surface area contributed by atoms with Crippen molar-refractivity contribution in [3.8, 4) is 0 Å². The summed E-state index contributed by atoms with van der Waals surface area (Å²) in [5.74, 6) is -1.51. The molecule has 0 atom stereocenters. The van der Waals surface area contributed by atoms with Crippen LogP contribution < -0.4 is 0 Å². The van der Waals surface area contributed by atoms with E-state index in [0.29, 0.717) is 12.8 Å². The maximum Gasteiger partial charge on any atom is 0.310 e. The van der Waals surface area contributed by atoms with Crippen LogP contribution in [-0.4, -0.2) is 65.6 Å². The fraction of sp³-hybridized carbons (Fsp3) is 0.944. The van der Waals surface area contributed by atoms with Crippen LogP contribution in [0.4, 0.5) is 0 Å². The van der Waals surface area contributed by atoms with Crippen LogP contribution in [0.3, 0.4) is 0 Å². The number of unbranched alkanes of at least 4 members (excludes halogenated alkanes) is 4. The van der Waals surface area contributed by atoms with Crippen molar-refractivity contribution in [3.63, 3.8) is 0 Å². The Balaban J connectivity index is 2.55. The predicted molar refractivity (Wildman–Crippen MR) is 177 cm³/mol. The Morgan fingerprint density at radius 1 is 0.614 bits per heavy atom. The highest BCUT2D eigenvalue weighted by atomic mass is 16.7. The lowest BCUT2D eigenvalue weighted by Crippen LogP contribution is -2.68. The third kappa shape index (κ3) is 9.65. The Labute approximate surface area is 269 Å². The van der Waals surface area contributed by atoms with Crippen molar-refractivity contribution in [2.75, 3.05) is 0 Å². The van der Waals surface area contributed by atoms with Gasteiger partial charge >= 0.3 is 11.9 Å². The quantitative estimate of drug-likeness (QED) is 0.196. The monoisotopic (exact) mass is 625 g/mol. The van der Waals surface area contributed by atoms with Crippen molar-refractivity contribution in [2.24, 2.45) is 17.3 Å². The molecule has 0 aliphatic carbocycles. The smallest absolute Gasteiger partial charge is 0.310 e. The van der Waals surface area contributed by atoms with Crippen molar-refractivity contribution < 1.29 is 29.5 Å². The molecule has 2 aliphatic heterocycles. The van der Waals surface area contributed by atoms with E-state index in [1.54, 1.807) is 0 Å². The van der Waals surface area contributed by atoms with E-state index in [1.807, 2.05) is 0 Å². The largest absolute Gasteiger partial charge is 0.481 e. The van der Waals surface area contributed by atoms with Crippen LogP contribution in [0.1, 0.15) is 168 Å². The fourth-order valence-electron chi connectivity index (χ4n) is 8.72. The van der Waals surface area contributed by atoms with Gasteiger partial charge < -0.3 is 10.2 Å². The lowest BCUT2D eigenvalue weighted by molar-refractivity contribution is -0.343. The predicted octanol–water partition coefficient (Wildman–Crippen LogP) is 8.87. The number of hydroxylamine groups is 4. The SMILES string of the molecule is CC(C)(C)ON1C(C)(C)CC(C(CCCCCCCC(=O)O)(C(=O)O)C2CC(C)(C)N(OC(C)(C)C)C(C)(C)C2)CC1(C)C. The molecule has 8 heteroatoms. The van der Waals surface area contributed by atoms with Gasteiger partial charge in [0.05, 0.1) is 16.6 Å². The van der Waals surface area contributed by atoms with E-state index in [1.165, 1.54) is 0 Å². The fourth-order valence-corrected chi connectivity index (χ4v) is 8.72. The van der Waals surface area contributed by atoms with Gasteiger partial charge in [0.15, 0.2) is 0 Å². The second-order valence-corrected chi connectivity index (χ2v) is 18.5. The molecule has 0 unspecified atom stereocenters. The molecule has 0 bridgehead atoms. The molecule has 0 amide bonds. The van der Waals surface area contributed by atoms with Crippen molar-refractivity contribution >= 4 is 11.9 Å². The highest BCUT2D eigenvalue weighted by molar-refractivity contribution is 5.76. The summed E-state index contributed by atoms with van der Waals surface area (Å²) in [6.45, 7) is 30.1. The van der Waals surface area contributed by atoms with Gasteiger partial charge in [-0.05, 0) is 147 Å². The van der Waals surface area contributed by atoms with E-state index < -0.39 is 17.4 Å². The highest BCUT2D eigenvalue weighted by Crippen LogP contribution is 2.59. The van der Waals surface area contributed by atoms with Crippen LogP contribution in [-0.2, 0) is 19.3 Å². The number of nitrogens with zero attached hydrogens (tertiary/aromatic N) is 2. The average Bonchev–Trinajstić information content (AvgIpc) is 2.78. The van der Waals surface area contributed by atoms with Crippen molar-refractivity contribution in [1.29, 1.82) is 0 Å². The summed E-state index contributed by atoms with van der Waals surface area (Å²) in [4.78, 5) is 38.1. The van der Waals surface area contributed by atoms with Gasteiger partial charge in [0.25, 0.3) is 0 Å². The maximum absolute atomic E-state index is 14.0. The first kappa shape index (κ1) is 39.0. The van der Waals surface area contributed by atoms with E-state index >= 15 is 0 Å². The van der Waals surface area contributed by atoms with Crippen LogP contribution in [0.15, 0.2) is 0 Å². The Hall–Kier alpha value is -1.22. The zero-order valence-corrected chi connectivity index (χ0v) is 30.9. The van der Waals surface area contributed by atoms with E-state index in [-0.39, 0.29) is 51.6 Å². The minimum atomic E-state index is -0.911. The van der Waals surface area contributed by atoms with E-state index in [4.69, 9.17) is 14.8 Å². The molecule has 0 aromatic rings. The van der Waals surface area contributed by atoms with Gasteiger partial charge in [-0.1, -0.05) is 25.7 Å². The number of aliphatic carboxylic acids is 2. The summed E-state index contributed by atoms with van der Waals surface area (Å²) in [6.07, 6.45) is 7.92. The minimum absolute atomic E-state index is 0.0384. The lowest BCUT2D eigenvalue weighted by Gasteiger charge is -2.62. The molecule has 8 nitrogen and oxygen atoms in total. The molecular weight excluding hydrogens is 556 g/mol. The molecule has 0 aromatic carbocycles. The Kier molecular flexibility index (Phi) is 11.9. The highest BCUT2D eigenvalue weighted by Gasteiger charge is 2.62. The Bertz CT molecular complexity index is 896. The van der Waals surface area contributed by atoms with Gasteiger partial charge in [-0.25, -0.2) is 0 Å². The number of hydrogen-bond acceptors (Lipinski definition) is 6. The molecule has 0 aromatic heterocycles. The molecule has 2 aliphatic rings. The molecule has 0 radical (unpaired) electrons. The van der Waals surface area contributed by atoms with Crippen LogP contribution >= 0.6 is 0 Å². The molecule has 0 spiro atoms. The van der Waals surface area contributed by atoms with E-state index in [0.717, 1.165) is 51.4 Å². The lowest BCUT2D eigenvalue weighted by atomic mass is 9.52. The minimum Gasteiger partial charge on any atom is -0.481 e. The van der Waals surface area contributed by atoms with Gasteiger partial charge in [-0.3, -0.25) is 19.3 Å². The maximum atomic E-state index is 14.0. The number of carboxylic acid groups (broad SMARTS) is 2. The topological polar surface area (TPSA) is 99.5 Å². The molecule has 0 saturated carbocycles. The summed E-state index contributed by atoms with van der Waals surface area (Å²) < 4.78 is 0. The second-order valence-electron chi connectivity index (χ2n) is 18.5. The summed E-state index contributed by atoms with van der Waals surface area (Å²) >= 11 is 0. The van der Waals surface area contributed by atoms with Crippen LogP contribution in [0.25, 0.3) is 0 Å². The van der Waals surface area contributed by atoms with E-state index in [2.05, 4.69) is 107 Å². The summed E-state index contributed by atoms with van der Waals surface area (Å²) in [6, 6.07) is 0. The molecule has 2 heterocycles. The van der Waals surface area contributed by atoms with Crippen LogP contribution in [0.2, 0.25) is 0 Å². The summed E-state index contributed by atoms with van der Waals surface area (Å²) in [5, 5.41) is 24.8. The number of piperidine rings is 2. The van der Waals surface area contributed by atoms with Crippen LogP contribution in [0, 0.1) is 17.3 Å². The van der Waals surface area contributed by atoms with Gasteiger partial charge in [-0.15, -0.1) is 0 Å². The van der Waals surface area contributed by atoms with E-state index in [9.17, 15) is 14.7 Å². The van der Waals surface area contributed by atoms with Crippen molar-refractivity contribution in [1.82, 2.24) is 10.1 Å². The zero-order valence-electron chi connectivity index (χ0n) is 30.9. The molecule has 44 heavy (non-hydrogen) atoms. The number of hydrogen-bond donors (Lipinski definition) is 2. The van der Waals surface area contributed by atoms with Gasteiger partial charge in [0.2, 0.25) is 0 Å². The molecule has 2 rings (SSSR count). The summed E-state index contributed by atoms with van der Waals surface area (Å²) in [5.41, 5.74) is -3.08. The number of rotatable bonds is 13. The normalized spacial score (nSPS) is 23.5. The zero-order chi connectivity index (χ0) is 34.2. The first-order valence-electron chi connectivity index (χ1n) is 17.1. The van der Waals surface area contributed by atoms with Crippen molar-refractivity contribution in [2.45, 2.75) is 201 Å². The number of carbonyl (C=O) groups is 2. The standard InChI is InChI=1S/C36H68N2O6/c1-30(2,3)43-37-32(7,8)22-26(23-33(37,9)10)36(29(41)42,21-19-17-15-16-18-20-28(39)40)27-24-34(11,12)38(35(13,14)25-27)44-31(4,5)6/h26-27H,15-25H2,1-14H3,(H,39,40)(H,41,42). The third-order valence-corrected chi connectivity index (χ3v) is 9.75. The average molecular weight is 625 g/mol.